The summed E-state index contributed by atoms with van der Waals surface area (Å²) in [6.45, 7) is 4.11. The molecule has 4 heteroatoms. The smallest absolute Gasteiger partial charge is 0.253 e. The molecule has 1 atom stereocenters. The number of halogens is 1. The van der Waals surface area contributed by atoms with Gasteiger partial charge in [-0.1, -0.05) is 6.92 Å². The molecular weight excluding hydrogens is 282 g/mol. The molecule has 0 aliphatic rings. The van der Waals surface area contributed by atoms with Crippen LogP contribution in [-0.2, 0) is 0 Å². The van der Waals surface area contributed by atoms with E-state index < -0.39 is 0 Å². The molecule has 0 radical (unpaired) electrons. The summed E-state index contributed by atoms with van der Waals surface area (Å²) in [6, 6.07) is 5.61. The minimum atomic E-state index is 0.0303. The van der Waals surface area contributed by atoms with Crippen LogP contribution in [0, 0.1) is 0 Å². The number of benzene rings is 1. The van der Waals surface area contributed by atoms with E-state index in [0.29, 0.717) is 5.56 Å². The van der Waals surface area contributed by atoms with Crippen LogP contribution in [0.15, 0.2) is 22.7 Å². The Bertz CT molecular complexity index is 406. The lowest BCUT2D eigenvalue weighted by atomic mass is 10.1. The molecule has 1 aromatic carbocycles. The van der Waals surface area contributed by atoms with Crippen LogP contribution in [0.1, 0.15) is 30.6 Å². The molecule has 1 aromatic rings. The van der Waals surface area contributed by atoms with Gasteiger partial charge in [0.05, 0.1) is 11.6 Å². The fourth-order valence-corrected chi connectivity index (χ4v) is 2.02. The standard InChI is InChI=1S/C13H18BrNO2/c1-5-9(2)15(3)13(16)10-6-7-12(17-4)11(14)8-10/h6-9H,5H2,1-4H3. The first-order valence-electron chi connectivity index (χ1n) is 5.62. The van der Waals surface area contributed by atoms with Crippen molar-refractivity contribution in [3.05, 3.63) is 28.2 Å². The van der Waals surface area contributed by atoms with Crippen LogP contribution in [0.25, 0.3) is 0 Å². The normalized spacial score (nSPS) is 12.1. The summed E-state index contributed by atoms with van der Waals surface area (Å²) in [5, 5.41) is 0. The van der Waals surface area contributed by atoms with Gasteiger partial charge in [0.2, 0.25) is 0 Å². The van der Waals surface area contributed by atoms with Crippen LogP contribution in [0.5, 0.6) is 5.75 Å². The molecule has 1 rings (SSSR count). The maximum Gasteiger partial charge on any atom is 0.253 e. The molecule has 0 aliphatic carbocycles. The van der Waals surface area contributed by atoms with Crippen LogP contribution in [-0.4, -0.2) is 31.0 Å². The van der Waals surface area contributed by atoms with E-state index in [1.54, 1.807) is 30.2 Å². The molecule has 0 N–H and O–H groups in total. The summed E-state index contributed by atoms with van der Waals surface area (Å²) in [7, 11) is 3.43. The number of methoxy groups -OCH3 is 1. The van der Waals surface area contributed by atoms with Crippen molar-refractivity contribution in [2.45, 2.75) is 26.3 Å². The predicted molar refractivity (Wildman–Crippen MR) is 72.5 cm³/mol. The number of hydrogen-bond donors (Lipinski definition) is 0. The van der Waals surface area contributed by atoms with E-state index in [0.717, 1.165) is 16.6 Å². The zero-order chi connectivity index (χ0) is 13.0. The van der Waals surface area contributed by atoms with Gasteiger partial charge in [-0.15, -0.1) is 0 Å². The summed E-state index contributed by atoms with van der Waals surface area (Å²) in [6.07, 6.45) is 0.944. The Kier molecular flexibility index (Phi) is 5.00. The molecule has 17 heavy (non-hydrogen) atoms. The molecule has 0 aromatic heterocycles. The highest BCUT2D eigenvalue weighted by Crippen LogP contribution is 2.26. The second kappa shape index (κ2) is 6.05. The van der Waals surface area contributed by atoms with E-state index in [4.69, 9.17) is 4.74 Å². The van der Waals surface area contributed by atoms with Crippen molar-refractivity contribution < 1.29 is 9.53 Å². The van der Waals surface area contributed by atoms with E-state index in [1.165, 1.54) is 0 Å². The number of nitrogens with zero attached hydrogens (tertiary/aromatic N) is 1. The Labute approximate surface area is 111 Å². The molecule has 0 bridgehead atoms. The molecule has 0 saturated carbocycles. The van der Waals surface area contributed by atoms with Crippen molar-refractivity contribution in [3.8, 4) is 5.75 Å². The maximum atomic E-state index is 12.2. The van der Waals surface area contributed by atoms with E-state index >= 15 is 0 Å². The number of rotatable bonds is 4. The molecule has 0 spiro atoms. The predicted octanol–water partition coefficient (Wildman–Crippen LogP) is 3.33. The summed E-state index contributed by atoms with van der Waals surface area (Å²) in [5.41, 5.74) is 0.667. The lowest BCUT2D eigenvalue weighted by molar-refractivity contribution is 0.0740. The van der Waals surface area contributed by atoms with Crippen molar-refractivity contribution >= 4 is 21.8 Å². The quantitative estimate of drug-likeness (QED) is 0.853. The van der Waals surface area contributed by atoms with Gasteiger partial charge in [0.15, 0.2) is 0 Å². The molecule has 0 fully saturated rings. The van der Waals surface area contributed by atoms with Crippen LogP contribution >= 0.6 is 15.9 Å². The highest BCUT2D eigenvalue weighted by Gasteiger charge is 2.17. The number of carbonyl (C=O) groups excluding carboxylic acids is 1. The largest absolute Gasteiger partial charge is 0.496 e. The molecule has 0 saturated heterocycles. The summed E-state index contributed by atoms with van der Waals surface area (Å²) in [4.78, 5) is 13.9. The van der Waals surface area contributed by atoms with E-state index in [1.807, 2.05) is 14.0 Å². The Hall–Kier alpha value is -1.03. The van der Waals surface area contributed by atoms with Crippen molar-refractivity contribution in [2.24, 2.45) is 0 Å². The number of amides is 1. The third kappa shape index (κ3) is 3.22. The van der Waals surface area contributed by atoms with Gasteiger partial charge in [-0.2, -0.15) is 0 Å². The minimum Gasteiger partial charge on any atom is -0.496 e. The Morgan fingerprint density at radius 3 is 2.65 bits per heavy atom. The third-order valence-electron chi connectivity index (χ3n) is 2.97. The molecule has 0 aliphatic heterocycles. The van der Waals surface area contributed by atoms with Crippen molar-refractivity contribution in [2.75, 3.05) is 14.2 Å². The molecule has 1 unspecified atom stereocenters. The van der Waals surface area contributed by atoms with Crippen molar-refractivity contribution in [1.82, 2.24) is 4.90 Å². The summed E-state index contributed by atoms with van der Waals surface area (Å²) in [5.74, 6) is 0.760. The molecular formula is C13H18BrNO2. The average molecular weight is 300 g/mol. The molecule has 94 valence electrons. The summed E-state index contributed by atoms with van der Waals surface area (Å²) >= 11 is 3.38. The Balaban J connectivity index is 2.93. The third-order valence-corrected chi connectivity index (χ3v) is 3.59. The van der Waals surface area contributed by atoms with Crippen molar-refractivity contribution in [1.29, 1.82) is 0 Å². The fraction of sp³-hybridized carbons (Fsp3) is 0.462. The first-order valence-corrected chi connectivity index (χ1v) is 6.41. The highest BCUT2D eigenvalue weighted by molar-refractivity contribution is 9.10. The van der Waals surface area contributed by atoms with Gasteiger partial charge in [0.1, 0.15) is 5.75 Å². The SMILES string of the molecule is CCC(C)N(C)C(=O)c1ccc(OC)c(Br)c1. The van der Waals surface area contributed by atoms with Crippen LogP contribution in [0.4, 0.5) is 0 Å². The van der Waals surface area contributed by atoms with Gasteiger partial charge in [-0.3, -0.25) is 4.79 Å². The van der Waals surface area contributed by atoms with Gasteiger partial charge in [-0.25, -0.2) is 0 Å². The second-order valence-electron chi connectivity index (χ2n) is 4.02. The first-order chi connectivity index (χ1) is 8.01. The Morgan fingerprint density at radius 1 is 1.53 bits per heavy atom. The zero-order valence-electron chi connectivity index (χ0n) is 10.7. The molecule has 0 heterocycles. The van der Waals surface area contributed by atoms with Crippen LogP contribution < -0.4 is 4.74 Å². The second-order valence-corrected chi connectivity index (χ2v) is 4.88. The topological polar surface area (TPSA) is 29.5 Å². The molecule has 3 nitrogen and oxygen atoms in total. The van der Waals surface area contributed by atoms with Crippen LogP contribution in [0.2, 0.25) is 0 Å². The summed E-state index contributed by atoms with van der Waals surface area (Å²) < 4.78 is 5.93. The highest BCUT2D eigenvalue weighted by atomic mass is 79.9. The van der Waals surface area contributed by atoms with E-state index in [9.17, 15) is 4.79 Å². The van der Waals surface area contributed by atoms with Gasteiger partial charge >= 0.3 is 0 Å². The van der Waals surface area contributed by atoms with Crippen LogP contribution in [0.3, 0.4) is 0 Å². The van der Waals surface area contributed by atoms with Gasteiger partial charge in [0, 0.05) is 18.7 Å². The number of carbonyl (C=O) groups is 1. The maximum absolute atomic E-state index is 12.2. The number of hydrogen-bond acceptors (Lipinski definition) is 2. The Morgan fingerprint density at radius 2 is 2.18 bits per heavy atom. The minimum absolute atomic E-state index is 0.0303. The first kappa shape index (κ1) is 14.0. The van der Waals surface area contributed by atoms with Crippen molar-refractivity contribution in [3.63, 3.8) is 0 Å². The van der Waals surface area contributed by atoms with Gasteiger partial charge < -0.3 is 9.64 Å². The van der Waals surface area contributed by atoms with Gasteiger partial charge in [-0.05, 0) is 47.5 Å². The van der Waals surface area contributed by atoms with E-state index in [2.05, 4.69) is 22.9 Å². The average Bonchev–Trinajstić information content (AvgIpc) is 2.35. The van der Waals surface area contributed by atoms with Gasteiger partial charge in [0.25, 0.3) is 5.91 Å². The van der Waals surface area contributed by atoms with E-state index in [-0.39, 0.29) is 11.9 Å². The zero-order valence-corrected chi connectivity index (χ0v) is 12.2. The lowest BCUT2D eigenvalue weighted by Gasteiger charge is -2.24. The fourth-order valence-electron chi connectivity index (χ4n) is 1.48. The molecule has 1 amide bonds. The lowest BCUT2D eigenvalue weighted by Crippen LogP contribution is -2.34. The monoisotopic (exact) mass is 299 g/mol. The number of ether oxygens (including phenoxy) is 1.